The number of nitrogens with two attached hydrogens (primary N) is 1. The number of fused-ring (bicyclic) bond motifs is 1. The normalized spacial score (nSPS) is 19.8. The predicted octanol–water partition coefficient (Wildman–Crippen LogP) is -0.162. The molecule has 2 fully saturated rings. The summed E-state index contributed by atoms with van der Waals surface area (Å²) < 4.78 is 16.5. The Morgan fingerprint density at radius 1 is 1.04 bits per heavy atom. The molecule has 156 valence electrons. The number of piperazine rings is 1. The van der Waals surface area contributed by atoms with Crippen LogP contribution in [0.4, 0.5) is 11.8 Å². The first-order valence-corrected chi connectivity index (χ1v) is 8.99. The second kappa shape index (κ2) is 9.20. The van der Waals surface area contributed by atoms with Crippen LogP contribution in [0.2, 0.25) is 0 Å². The average molecular weight is 395 g/mol. The minimum absolute atomic E-state index is 0. The summed E-state index contributed by atoms with van der Waals surface area (Å²) in [6.45, 7) is 4.48. The third-order valence-corrected chi connectivity index (χ3v) is 5.13. The molecule has 0 radical (unpaired) electrons. The van der Waals surface area contributed by atoms with Crippen molar-refractivity contribution in [2.24, 2.45) is 0 Å². The van der Waals surface area contributed by atoms with Crippen LogP contribution in [0.25, 0.3) is 10.9 Å². The van der Waals surface area contributed by atoms with E-state index in [0.29, 0.717) is 23.3 Å². The zero-order valence-electron chi connectivity index (χ0n) is 16.3. The van der Waals surface area contributed by atoms with Crippen LogP contribution in [0.1, 0.15) is 12.8 Å². The average Bonchev–Trinajstić information content (AvgIpc) is 3.22. The zero-order chi connectivity index (χ0) is 18.1. The van der Waals surface area contributed by atoms with E-state index in [2.05, 4.69) is 14.8 Å². The van der Waals surface area contributed by atoms with Crippen molar-refractivity contribution in [1.29, 1.82) is 0 Å². The highest BCUT2D eigenvalue weighted by molar-refractivity contribution is 5.91. The van der Waals surface area contributed by atoms with Gasteiger partial charge in [-0.15, -0.1) is 0 Å². The Morgan fingerprint density at radius 2 is 1.71 bits per heavy atom. The van der Waals surface area contributed by atoms with Crippen molar-refractivity contribution in [3.63, 3.8) is 0 Å². The smallest absolute Gasteiger partial charge is 0.227 e. The summed E-state index contributed by atoms with van der Waals surface area (Å²) in [5.41, 5.74) is 6.96. The molecular formula is C18H29N5O5. The summed E-state index contributed by atoms with van der Waals surface area (Å²) in [6.07, 6.45) is 2.55. The number of methoxy groups -OCH3 is 2. The minimum Gasteiger partial charge on any atom is -0.493 e. The van der Waals surface area contributed by atoms with Gasteiger partial charge >= 0.3 is 0 Å². The molecule has 2 saturated heterocycles. The largest absolute Gasteiger partial charge is 0.493 e. The van der Waals surface area contributed by atoms with Gasteiger partial charge in [0.05, 0.1) is 19.7 Å². The molecule has 0 spiro atoms. The Balaban J connectivity index is 0.00000140. The fraction of sp³-hybridized carbons (Fsp3) is 0.556. The molecule has 2 aromatic rings. The van der Waals surface area contributed by atoms with Crippen LogP contribution in [0.5, 0.6) is 11.5 Å². The number of hydrogen-bond donors (Lipinski definition) is 1. The quantitative estimate of drug-likeness (QED) is 0.750. The van der Waals surface area contributed by atoms with E-state index in [1.54, 1.807) is 14.2 Å². The number of anilines is 2. The monoisotopic (exact) mass is 395 g/mol. The van der Waals surface area contributed by atoms with Crippen LogP contribution in [0.3, 0.4) is 0 Å². The van der Waals surface area contributed by atoms with Gasteiger partial charge in [0.1, 0.15) is 12.0 Å². The number of aromatic nitrogens is 2. The van der Waals surface area contributed by atoms with E-state index in [1.807, 2.05) is 12.1 Å². The molecule has 28 heavy (non-hydrogen) atoms. The van der Waals surface area contributed by atoms with Crippen molar-refractivity contribution in [2.75, 3.05) is 57.6 Å². The van der Waals surface area contributed by atoms with E-state index in [9.17, 15) is 0 Å². The number of hydrogen-bond acceptors (Lipinski definition) is 8. The van der Waals surface area contributed by atoms with Crippen LogP contribution in [-0.2, 0) is 4.74 Å². The first-order chi connectivity index (χ1) is 12.7. The molecule has 4 rings (SSSR count). The van der Waals surface area contributed by atoms with Crippen molar-refractivity contribution >= 4 is 22.7 Å². The van der Waals surface area contributed by atoms with E-state index in [4.69, 9.17) is 24.9 Å². The molecule has 10 nitrogen and oxygen atoms in total. The number of nitrogens with zero attached hydrogens (tertiary/aromatic N) is 4. The SMILES string of the molecule is COc1cc2nc(N3CCN(C4CCCO4)CC3)nc(N)c2cc1OC.O.O. The van der Waals surface area contributed by atoms with Gasteiger partial charge < -0.3 is 35.8 Å². The molecule has 1 atom stereocenters. The molecule has 1 unspecified atom stereocenters. The Kier molecular flexibility index (Phi) is 7.19. The predicted molar refractivity (Wildman–Crippen MR) is 107 cm³/mol. The molecule has 0 bridgehead atoms. The van der Waals surface area contributed by atoms with E-state index < -0.39 is 0 Å². The van der Waals surface area contributed by atoms with Gasteiger partial charge in [-0.1, -0.05) is 0 Å². The van der Waals surface area contributed by atoms with Gasteiger partial charge in [-0.05, 0) is 18.9 Å². The van der Waals surface area contributed by atoms with E-state index in [-0.39, 0.29) is 17.2 Å². The molecule has 0 amide bonds. The van der Waals surface area contributed by atoms with Crippen LogP contribution in [0.15, 0.2) is 12.1 Å². The number of benzene rings is 1. The maximum Gasteiger partial charge on any atom is 0.227 e. The first kappa shape index (κ1) is 21.9. The van der Waals surface area contributed by atoms with Crippen molar-refractivity contribution in [2.45, 2.75) is 19.1 Å². The van der Waals surface area contributed by atoms with Gasteiger partial charge in [0.2, 0.25) is 5.95 Å². The zero-order valence-corrected chi connectivity index (χ0v) is 16.3. The second-order valence-corrected chi connectivity index (χ2v) is 6.62. The Bertz CT molecular complexity index is 792. The van der Waals surface area contributed by atoms with E-state index >= 15 is 0 Å². The van der Waals surface area contributed by atoms with E-state index in [1.165, 1.54) is 0 Å². The Morgan fingerprint density at radius 3 is 2.32 bits per heavy atom. The lowest BCUT2D eigenvalue weighted by molar-refractivity contribution is -0.0223. The molecule has 2 aliphatic heterocycles. The van der Waals surface area contributed by atoms with Gasteiger partial charge in [0, 0.05) is 44.2 Å². The van der Waals surface area contributed by atoms with E-state index in [0.717, 1.165) is 56.5 Å². The summed E-state index contributed by atoms with van der Waals surface area (Å²) in [6, 6.07) is 3.67. The summed E-state index contributed by atoms with van der Waals surface area (Å²) in [7, 11) is 3.21. The number of rotatable bonds is 4. The summed E-state index contributed by atoms with van der Waals surface area (Å²) >= 11 is 0. The van der Waals surface area contributed by atoms with Gasteiger partial charge in [-0.25, -0.2) is 4.98 Å². The van der Waals surface area contributed by atoms with Crippen molar-refractivity contribution in [3.05, 3.63) is 12.1 Å². The van der Waals surface area contributed by atoms with Crippen LogP contribution in [0, 0.1) is 0 Å². The molecule has 3 heterocycles. The van der Waals surface area contributed by atoms with Gasteiger partial charge in [-0.3, -0.25) is 4.90 Å². The van der Waals surface area contributed by atoms with Gasteiger partial charge in [-0.2, -0.15) is 4.98 Å². The third kappa shape index (κ3) is 4.04. The third-order valence-electron chi connectivity index (χ3n) is 5.13. The fourth-order valence-electron chi connectivity index (χ4n) is 3.67. The molecule has 0 aliphatic carbocycles. The van der Waals surface area contributed by atoms with Crippen LogP contribution in [-0.4, -0.2) is 79.1 Å². The lowest BCUT2D eigenvalue weighted by Gasteiger charge is -2.37. The Labute approximate surface area is 163 Å². The lowest BCUT2D eigenvalue weighted by Crippen LogP contribution is -2.50. The Hall–Kier alpha value is -2.40. The topological polar surface area (TPSA) is 149 Å². The molecule has 0 saturated carbocycles. The van der Waals surface area contributed by atoms with Crippen molar-refractivity contribution in [1.82, 2.24) is 14.9 Å². The molecule has 6 N–H and O–H groups in total. The van der Waals surface area contributed by atoms with Gasteiger partial charge in [0.15, 0.2) is 11.5 Å². The highest BCUT2D eigenvalue weighted by atomic mass is 16.5. The minimum atomic E-state index is 0. The van der Waals surface area contributed by atoms with Crippen molar-refractivity contribution < 1.29 is 25.2 Å². The fourth-order valence-corrected chi connectivity index (χ4v) is 3.67. The van der Waals surface area contributed by atoms with Crippen LogP contribution >= 0.6 is 0 Å². The summed E-state index contributed by atoms with van der Waals surface area (Å²) in [5, 5.41) is 0.768. The molecule has 1 aromatic heterocycles. The standard InChI is InChI=1S/C18H25N5O3.2H2O/c1-24-14-10-12-13(11-15(14)25-2)20-18(21-17(12)19)23-7-5-22(6-8-23)16-4-3-9-26-16;;/h10-11,16H,3-9H2,1-2H3,(H2,19,20,21);2*1H2. The lowest BCUT2D eigenvalue weighted by atomic mass is 10.2. The van der Waals surface area contributed by atoms with Crippen LogP contribution < -0.4 is 20.1 Å². The van der Waals surface area contributed by atoms with Crippen molar-refractivity contribution in [3.8, 4) is 11.5 Å². The molecular weight excluding hydrogens is 366 g/mol. The maximum atomic E-state index is 6.20. The summed E-state index contributed by atoms with van der Waals surface area (Å²) in [4.78, 5) is 13.8. The highest BCUT2D eigenvalue weighted by Crippen LogP contribution is 2.34. The summed E-state index contributed by atoms with van der Waals surface area (Å²) in [5.74, 6) is 2.36. The number of ether oxygens (including phenoxy) is 3. The number of nitrogen functional groups attached to an aromatic ring is 1. The molecule has 10 heteroatoms. The first-order valence-electron chi connectivity index (χ1n) is 8.99. The molecule has 1 aromatic carbocycles. The highest BCUT2D eigenvalue weighted by Gasteiger charge is 2.28. The molecule has 2 aliphatic rings. The maximum absolute atomic E-state index is 6.20. The van der Waals surface area contributed by atoms with Gasteiger partial charge in [0.25, 0.3) is 0 Å². The second-order valence-electron chi connectivity index (χ2n) is 6.62.